The number of rotatable bonds is 6. The molecule has 7 heteroatoms. The van der Waals surface area contributed by atoms with Gasteiger partial charge < -0.3 is 10.2 Å². The molecule has 7 atom stereocenters. The second-order valence-electron chi connectivity index (χ2n) is 11.4. The number of fused-ring (bicyclic) bond motifs is 1. The average Bonchev–Trinajstić information content (AvgIpc) is 3.18. The van der Waals surface area contributed by atoms with Crippen molar-refractivity contribution in [1.29, 1.82) is 4.78 Å². The van der Waals surface area contributed by atoms with Crippen molar-refractivity contribution in [1.82, 2.24) is 0 Å². The Morgan fingerprint density at radius 1 is 1.25 bits per heavy atom. The monoisotopic (exact) mass is 519 g/mol. The summed E-state index contributed by atoms with van der Waals surface area (Å²) in [6.07, 6.45) is 7.67. The lowest BCUT2D eigenvalue weighted by atomic mass is 9.61. The molecule has 0 spiro atoms. The molecule has 1 aromatic rings. The lowest BCUT2D eigenvalue weighted by Gasteiger charge is -2.45. The van der Waals surface area contributed by atoms with E-state index in [1.165, 1.54) is 17.7 Å². The summed E-state index contributed by atoms with van der Waals surface area (Å²) in [5.41, 5.74) is 2.70. The molecule has 0 aromatic heterocycles. The molecule has 3 aliphatic carbocycles. The zero-order valence-corrected chi connectivity index (χ0v) is 22.1. The Morgan fingerprint density at radius 2 is 1.94 bits per heavy atom. The highest BCUT2D eigenvalue weighted by Gasteiger charge is 2.53. The first kappa shape index (κ1) is 27.2. The summed E-state index contributed by atoms with van der Waals surface area (Å²) in [7, 11) is -4.26. The maximum atomic E-state index is 15.3. The summed E-state index contributed by atoms with van der Waals surface area (Å²) in [6, 6.07) is 7.46. The van der Waals surface area contributed by atoms with Crippen molar-refractivity contribution in [2.45, 2.75) is 87.6 Å². The SMILES string of the molecule is C=C1C(=CC=C2CCC[C@]3(C)[C@@H]([C@H](C)CC(F)(F)S(=N)(=O)c4ccccc4)CC[C@@H]23)C[C@@H](O)C[C@@H]1O. The van der Waals surface area contributed by atoms with E-state index in [-0.39, 0.29) is 28.1 Å². The van der Waals surface area contributed by atoms with Crippen molar-refractivity contribution in [2.75, 3.05) is 0 Å². The molecule has 0 amide bonds. The Bertz CT molecular complexity index is 1140. The summed E-state index contributed by atoms with van der Waals surface area (Å²) in [4.78, 5) is -0.117. The van der Waals surface area contributed by atoms with Crippen LogP contribution in [0.1, 0.15) is 65.2 Å². The molecule has 3 fully saturated rings. The average molecular weight is 520 g/mol. The fourth-order valence-electron chi connectivity index (χ4n) is 7.10. The minimum atomic E-state index is -4.26. The number of allylic oxidation sites excluding steroid dienone is 3. The quantitative estimate of drug-likeness (QED) is 0.384. The number of benzene rings is 1. The molecule has 1 unspecified atom stereocenters. The Labute approximate surface area is 214 Å². The molecule has 4 rings (SSSR count). The van der Waals surface area contributed by atoms with E-state index >= 15 is 8.78 Å². The van der Waals surface area contributed by atoms with Gasteiger partial charge in [-0.25, -0.2) is 8.99 Å². The minimum absolute atomic E-state index is 0.0593. The third-order valence-corrected chi connectivity index (χ3v) is 11.0. The predicted molar refractivity (Wildman–Crippen MR) is 139 cm³/mol. The predicted octanol–water partition coefficient (Wildman–Crippen LogP) is 6.85. The lowest BCUT2D eigenvalue weighted by molar-refractivity contribution is 0.0272. The van der Waals surface area contributed by atoms with E-state index in [2.05, 4.69) is 19.6 Å². The molecule has 0 aliphatic heterocycles. The van der Waals surface area contributed by atoms with Gasteiger partial charge in [0.1, 0.15) is 9.73 Å². The van der Waals surface area contributed by atoms with Crippen LogP contribution in [0.4, 0.5) is 8.78 Å². The van der Waals surface area contributed by atoms with Crippen LogP contribution in [-0.4, -0.2) is 31.9 Å². The van der Waals surface area contributed by atoms with Gasteiger partial charge in [-0.3, -0.25) is 0 Å². The molecule has 0 radical (unpaired) electrons. The van der Waals surface area contributed by atoms with Crippen LogP contribution in [0, 0.1) is 27.9 Å². The van der Waals surface area contributed by atoms with E-state index < -0.39 is 33.6 Å². The van der Waals surface area contributed by atoms with E-state index in [4.69, 9.17) is 4.78 Å². The van der Waals surface area contributed by atoms with Crippen molar-refractivity contribution < 1.29 is 23.2 Å². The Morgan fingerprint density at radius 3 is 2.64 bits per heavy atom. The van der Waals surface area contributed by atoms with Gasteiger partial charge in [-0.1, -0.05) is 56.4 Å². The van der Waals surface area contributed by atoms with Gasteiger partial charge in [-0.05, 0) is 85.0 Å². The maximum absolute atomic E-state index is 15.3. The molecular formula is C29H39F2NO3S. The number of nitrogens with one attached hydrogen (secondary N) is 1. The van der Waals surface area contributed by atoms with Gasteiger partial charge in [0.15, 0.2) is 0 Å². The molecule has 3 saturated carbocycles. The van der Waals surface area contributed by atoms with E-state index in [0.29, 0.717) is 18.4 Å². The molecule has 0 saturated heterocycles. The lowest BCUT2D eigenvalue weighted by Crippen LogP contribution is -2.39. The molecule has 0 bridgehead atoms. The maximum Gasteiger partial charge on any atom is 0.332 e. The van der Waals surface area contributed by atoms with Crippen molar-refractivity contribution in [3.8, 4) is 0 Å². The molecule has 1 aromatic carbocycles. The molecule has 4 nitrogen and oxygen atoms in total. The van der Waals surface area contributed by atoms with E-state index in [0.717, 1.165) is 37.7 Å². The molecule has 3 aliphatic rings. The molecule has 3 N–H and O–H groups in total. The second kappa shape index (κ2) is 10.1. The van der Waals surface area contributed by atoms with Crippen LogP contribution in [0.15, 0.2) is 70.7 Å². The zero-order chi connectivity index (χ0) is 26.3. The summed E-state index contributed by atoms with van der Waals surface area (Å²) in [5.74, 6) is -0.0274. The Balaban J connectivity index is 1.53. The summed E-state index contributed by atoms with van der Waals surface area (Å²) in [6.45, 7) is 8.05. The highest BCUT2D eigenvalue weighted by molar-refractivity contribution is 7.93. The molecule has 36 heavy (non-hydrogen) atoms. The highest BCUT2D eigenvalue weighted by atomic mass is 32.2. The first-order valence-corrected chi connectivity index (χ1v) is 14.6. The van der Waals surface area contributed by atoms with Gasteiger partial charge in [0.2, 0.25) is 0 Å². The van der Waals surface area contributed by atoms with Crippen LogP contribution < -0.4 is 0 Å². The van der Waals surface area contributed by atoms with E-state index in [9.17, 15) is 14.4 Å². The smallest absolute Gasteiger partial charge is 0.332 e. The number of halogens is 2. The van der Waals surface area contributed by atoms with Gasteiger partial charge in [0, 0.05) is 12.8 Å². The highest BCUT2D eigenvalue weighted by Crippen LogP contribution is 2.60. The van der Waals surface area contributed by atoms with Gasteiger partial charge in [-0.15, -0.1) is 0 Å². The summed E-state index contributed by atoms with van der Waals surface area (Å²) in [5, 5.41) is 16.6. The third-order valence-electron chi connectivity index (χ3n) is 9.04. The van der Waals surface area contributed by atoms with Gasteiger partial charge in [0.25, 0.3) is 0 Å². The summed E-state index contributed by atoms with van der Waals surface area (Å²) >= 11 is 0. The van der Waals surface area contributed by atoms with Gasteiger partial charge in [-0.2, -0.15) is 8.78 Å². The van der Waals surface area contributed by atoms with E-state index in [1.807, 2.05) is 13.0 Å². The number of alkyl halides is 2. The number of aliphatic hydroxyl groups excluding tert-OH is 2. The van der Waals surface area contributed by atoms with Crippen molar-refractivity contribution in [3.63, 3.8) is 0 Å². The van der Waals surface area contributed by atoms with Crippen molar-refractivity contribution in [2.24, 2.45) is 23.2 Å². The van der Waals surface area contributed by atoms with Crippen LogP contribution in [0.2, 0.25) is 0 Å². The number of aliphatic hydroxyl groups is 2. The van der Waals surface area contributed by atoms with Gasteiger partial charge >= 0.3 is 5.25 Å². The van der Waals surface area contributed by atoms with Crippen molar-refractivity contribution in [3.05, 3.63) is 65.8 Å². The van der Waals surface area contributed by atoms with Crippen LogP contribution in [0.3, 0.4) is 0 Å². The minimum Gasteiger partial charge on any atom is -0.393 e. The van der Waals surface area contributed by atoms with Crippen molar-refractivity contribution >= 4 is 9.73 Å². The molecule has 0 heterocycles. The second-order valence-corrected chi connectivity index (χ2v) is 13.5. The van der Waals surface area contributed by atoms with Crippen LogP contribution in [-0.2, 0) is 9.73 Å². The summed E-state index contributed by atoms with van der Waals surface area (Å²) < 4.78 is 51.7. The Kier molecular flexibility index (Phi) is 7.67. The fourth-order valence-corrected chi connectivity index (χ4v) is 8.48. The first-order valence-electron chi connectivity index (χ1n) is 13.0. The van der Waals surface area contributed by atoms with Crippen LogP contribution in [0.5, 0.6) is 0 Å². The van der Waals surface area contributed by atoms with Crippen LogP contribution in [0.25, 0.3) is 0 Å². The number of hydrogen-bond acceptors (Lipinski definition) is 4. The van der Waals surface area contributed by atoms with Gasteiger partial charge in [0.05, 0.1) is 17.1 Å². The number of hydrogen-bond donors (Lipinski definition) is 3. The molecular weight excluding hydrogens is 480 g/mol. The first-order chi connectivity index (χ1) is 16.9. The normalized spacial score (nSPS) is 36.0. The Hall–Kier alpha value is -1.83. The fraction of sp³-hybridized carbons (Fsp3) is 0.586. The largest absolute Gasteiger partial charge is 0.393 e. The van der Waals surface area contributed by atoms with Crippen LogP contribution >= 0.6 is 0 Å². The molecule has 198 valence electrons. The third kappa shape index (κ3) is 4.99. The zero-order valence-electron chi connectivity index (χ0n) is 21.3. The topological polar surface area (TPSA) is 81.4 Å². The van der Waals surface area contributed by atoms with E-state index in [1.54, 1.807) is 18.2 Å². The standard InChI is InChI=1S/C29H39F2NO3S/c1-19(18-29(30,31)36(32,35)24-9-5-4-6-10-24)25-13-14-26-21(8-7-15-28(25,26)3)11-12-22-16-23(33)17-27(34)20(22)2/h4-6,9-12,19,23,25-27,32-34H,2,7-8,13-18H2,1,3H3/t19-,23-,25-,26+,27+,28-,36?/m1/s1.